The molecule has 0 aliphatic carbocycles. The molecule has 0 saturated carbocycles. The number of ether oxygens (including phenoxy) is 10. The molecule has 6 heterocycles. The first-order valence-electron chi connectivity index (χ1n) is 43.3. The zero-order valence-electron chi connectivity index (χ0n) is 78.3. The molecule has 13 rings (SSSR count). The summed E-state index contributed by atoms with van der Waals surface area (Å²) < 4.78 is 285. The minimum atomic E-state index is -4.96. The molecule has 55 heteroatoms. The summed E-state index contributed by atoms with van der Waals surface area (Å²) in [5.74, 6) is -28.6. The lowest BCUT2D eigenvalue weighted by atomic mass is 10.1. The van der Waals surface area contributed by atoms with Crippen LogP contribution in [0.25, 0.3) is 0 Å². The number of carbonyl (C=O) groups excluding carboxylic acids is 5. The summed E-state index contributed by atoms with van der Waals surface area (Å²) in [7, 11) is -14.0. The van der Waals surface area contributed by atoms with Gasteiger partial charge in [0.2, 0.25) is 65.7 Å². The Balaban J connectivity index is 0.000000204. The molecule has 146 heavy (non-hydrogen) atoms. The summed E-state index contributed by atoms with van der Waals surface area (Å²) in [5.41, 5.74) is 12.9. The molecule has 3 aliphatic rings. The van der Waals surface area contributed by atoms with Crippen molar-refractivity contribution >= 4 is 70.9 Å². The van der Waals surface area contributed by atoms with E-state index in [-0.39, 0.29) is 54.5 Å². The van der Waals surface area contributed by atoms with Gasteiger partial charge in [0.25, 0.3) is 0 Å². The molecule has 788 valence electrons. The van der Waals surface area contributed by atoms with E-state index >= 15 is 8.78 Å². The highest BCUT2D eigenvalue weighted by molar-refractivity contribution is 7.53. The first-order chi connectivity index (χ1) is 68.6. The maximum absolute atomic E-state index is 15.9. The van der Waals surface area contributed by atoms with Gasteiger partial charge in [-0.25, -0.2) is 50.8 Å². The van der Waals surface area contributed by atoms with Gasteiger partial charge in [-0.15, -0.1) is 0 Å². The second kappa shape index (κ2) is 49.4. The van der Waals surface area contributed by atoms with Crippen LogP contribution in [0.15, 0.2) is 233 Å². The molecular formula is C91H98F11N12O29P3. The van der Waals surface area contributed by atoms with E-state index in [4.69, 9.17) is 82.5 Å². The Bertz CT molecular complexity index is 6440. The standard InChI is InChI=1S/C30H35F2N4O10P.C25H27F2N4O8P.C22H17F5NO5P.C14H19F2N3O6/c1-19(25(37)41-17-20-11-7-5-8-12-20)35-47(40,46-21-13-9-6-10-14-21)42-18-22-24(44-28(39)45-29(2,3)4)30(31,32)26(43-22)36-16-15-23(33)34-27(36)38;1-16(22(33)36-14-17-8-4-2-5-9-17)30-40(35,39-18-10-6-3-7-11-18)37-15-19-21(32)25(26,27)23(38-19)31-13-12-20(28)29-24(31)34;1-13(22(29)31-12-14-8-4-2-5-9-14)28-34(30,32-15-10-6-3-7-11-15)33-21-19(26)17(24)16(23)18(25)20(21)27;1-13(2,3)25-12(22)24-9-7(6-20)23-10(14(9,15)16)19-5-4-8(17)18-11(19)21/h5-16,19,22,24,26H,17-18H2,1-4H3,(H,35,40)(H2,33,34,38);2-13,16,19,21,23,32H,14-15H2,1H3,(H,30,35)(H2,28,29,34);2-11,13H,12H2,1H3,(H,28,30);4-5,7,9-10,20H,6H2,1-3H3,(H2,17,18,21)/t19-,22+,24+,26+,47-;16-,19+,21+,23+,40-;13-,34-;7-,9-,10-/m0001/s1. The molecule has 3 aliphatic heterocycles. The lowest BCUT2D eigenvalue weighted by Crippen LogP contribution is -2.45. The number of nitrogens with two attached hydrogens (primary N) is 3. The van der Waals surface area contributed by atoms with E-state index in [2.05, 4.69) is 39.5 Å². The molecule has 11 N–H and O–H groups in total. The highest BCUT2D eigenvalue weighted by Gasteiger charge is 2.65. The van der Waals surface area contributed by atoms with Crippen molar-refractivity contribution in [1.29, 1.82) is 0 Å². The second-order valence-corrected chi connectivity index (χ2v) is 38.5. The average molecular weight is 2130 g/mol. The van der Waals surface area contributed by atoms with Crippen molar-refractivity contribution in [1.82, 2.24) is 43.9 Å². The number of nitrogens with one attached hydrogen (secondary N) is 3. The molecule has 10 aromatic rings. The minimum Gasteiger partial charge on any atom is -0.460 e. The number of benzene rings is 7. The zero-order valence-corrected chi connectivity index (χ0v) is 81.0. The number of esters is 3. The van der Waals surface area contributed by atoms with Crippen LogP contribution in [0, 0.1) is 29.1 Å². The van der Waals surface area contributed by atoms with Crippen LogP contribution >= 0.6 is 23.2 Å². The van der Waals surface area contributed by atoms with Gasteiger partial charge in [0.1, 0.15) is 102 Å². The number of para-hydroxylation sites is 3. The molecule has 7 aromatic carbocycles. The molecule has 0 amide bonds. The van der Waals surface area contributed by atoms with Crippen LogP contribution in [0.3, 0.4) is 0 Å². The summed E-state index contributed by atoms with van der Waals surface area (Å²) in [6.07, 6.45) is -18.8. The monoisotopic (exact) mass is 2120 g/mol. The van der Waals surface area contributed by atoms with Gasteiger partial charge in [-0.05, 0) is 134 Å². The van der Waals surface area contributed by atoms with Gasteiger partial charge in [-0.2, -0.15) is 65.3 Å². The number of rotatable bonds is 35. The van der Waals surface area contributed by atoms with Crippen molar-refractivity contribution in [3.05, 3.63) is 296 Å². The molecule has 3 aromatic heterocycles. The number of nitrogen functional groups attached to an aromatic ring is 3. The summed E-state index contributed by atoms with van der Waals surface area (Å²) in [6.45, 7) is 10.00. The number of anilines is 3. The Morgan fingerprint density at radius 2 is 0.685 bits per heavy atom. The number of nitrogens with zero attached hydrogens (tertiary/aromatic N) is 6. The number of hydrogen-bond acceptors (Lipinski definition) is 35. The lowest BCUT2D eigenvalue weighted by Gasteiger charge is -2.27. The fourth-order valence-electron chi connectivity index (χ4n) is 12.9. The Labute approximate surface area is 822 Å². The van der Waals surface area contributed by atoms with Crippen LogP contribution < -0.4 is 67.6 Å². The molecular weight excluding hydrogens is 2030 g/mol. The minimum absolute atomic E-state index is 0.0461. The van der Waals surface area contributed by atoms with Crippen molar-refractivity contribution in [2.45, 2.75) is 185 Å². The van der Waals surface area contributed by atoms with E-state index in [0.717, 1.165) is 42.4 Å². The molecule has 3 fully saturated rings. The number of aromatic nitrogens is 6. The van der Waals surface area contributed by atoms with Crippen LogP contribution in [-0.2, 0) is 104 Å². The largest absolute Gasteiger partial charge is 0.513 e. The number of aliphatic hydroxyl groups excluding tert-OH is 2. The van der Waals surface area contributed by atoms with Crippen LogP contribution in [0.4, 0.5) is 75.3 Å². The Hall–Kier alpha value is -13.8. The summed E-state index contributed by atoms with van der Waals surface area (Å²) in [6, 6.07) is 48.1. The van der Waals surface area contributed by atoms with Crippen molar-refractivity contribution in [3.8, 4) is 23.0 Å². The van der Waals surface area contributed by atoms with Crippen molar-refractivity contribution < 1.29 is 171 Å². The number of aliphatic hydroxyl groups is 2. The number of alkyl halides is 6. The SMILES string of the molecule is CC(C)(C)OC(=O)O[C@@H]1[C@@H](CO)O[C@@H](n2ccc(N)nc2=O)C1(F)F.C[C@H](N[P@](=O)(OC[C@H]1O[C@@H](n2ccc(N)nc2=O)C(F)(F)[C@@H]1O)Oc1ccccc1)C(=O)OCc1ccccc1.C[C@H](N[P@](=O)(OC[C@H]1O[C@@H](n2ccc(N)nc2=O)C(F)(F)[C@@H]1OC(=O)OC(C)(C)C)Oc1ccccc1)C(=O)OCc1ccccc1.C[C@H](N[P@](=O)(Oc1ccccc1)Oc1c(F)c(F)c(F)c(F)c1F)C(=O)OCc1ccccc1. The van der Waals surface area contributed by atoms with E-state index < -0.39 is 228 Å². The van der Waals surface area contributed by atoms with Crippen LogP contribution in [0.2, 0.25) is 0 Å². The van der Waals surface area contributed by atoms with E-state index in [0.29, 0.717) is 24.8 Å². The molecule has 15 atom stereocenters. The Morgan fingerprint density at radius 1 is 0.411 bits per heavy atom. The first kappa shape index (κ1) is 114. The normalized spacial score (nSPS) is 20.4. The molecule has 3 saturated heterocycles. The predicted octanol–water partition coefficient (Wildman–Crippen LogP) is 13.6. The second-order valence-electron chi connectivity index (χ2n) is 33.5. The molecule has 0 unspecified atom stereocenters. The summed E-state index contributed by atoms with van der Waals surface area (Å²) in [5, 5.41) is 26.5. The fraction of sp³-hybridized carbons (Fsp3) is 0.352. The van der Waals surface area contributed by atoms with Crippen molar-refractivity contribution in [3.63, 3.8) is 0 Å². The van der Waals surface area contributed by atoms with Gasteiger partial charge < -0.3 is 92.9 Å². The highest BCUT2D eigenvalue weighted by atomic mass is 31.2. The third-order valence-electron chi connectivity index (χ3n) is 19.7. The quantitative estimate of drug-likeness (QED) is 0.00457. The van der Waals surface area contributed by atoms with E-state index in [9.17, 15) is 102 Å². The van der Waals surface area contributed by atoms with Crippen LogP contribution in [0.1, 0.15) is 97.7 Å². The summed E-state index contributed by atoms with van der Waals surface area (Å²) in [4.78, 5) is 108. The smallest absolute Gasteiger partial charge is 0.460 e. The number of halogens is 11. The Kier molecular flexibility index (Phi) is 38.7. The van der Waals surface area contributed by atoms with Gasteiger partial charge >= 0.3 is 88.3 Å². The molecule has 0 bridgehead atoms. The van der Waals surface area contributed by atoms with Gasteiger partial charge in [-0.3, -0.25) is 37.1 Å². The van der Waals surface area contributed by atoms with Gasteiger partial charge in [0, 0.05) is 18.6 Å². The van der Waals surface area contributed by atoms with Crippen molar-refractivity contribution in [2.75, 3.05) is 37.0 Å². The molecule has 0 spiro atoms. The van der Waals surface area contributed by atoms with Crippen molar-refractivity contribution in [2.24, 2.45) is 0 Å². The topological polar surface area (TPSA) is 544 Å². The van der Waals surface area contributed by atoms with Gasteiger partial charge in [0.05, 0.1) is 19.8 Å². The number of carbonyl (C=O) groups is 5. The van der Waals surface area contributed by atoms with E-state index in [1.807, 2.05) is 0 Å². The molecule has 41 nitrogen and oxygen atoms in total. The van der Waals surface area contributed by atoms with Crippen LogP contribution in [0.5, 0.6) is 23.0 Å². The first-order valence-corrected chi connectivity index (χ1v) is 48.0. The van der Waals surface area contributed by atoms with Gasteiger partial charge in [0.15, 0.2) is 6.10 Å². The predicted molar refractivity (Wildman–Crippen MR) is 490 cm³/mol. The van der Waals surface area contributed by atoms with E-state index in [1.165, 1.54) is 111 Å². The van der Waals surface area contributed by atoms with Gasteiger partial charge in [-0.1, -0.05) is 146 Å². The third kappa shape index (κ3) is 31.4. The number of hydrogen-bond donors (Lipinski definition) is 8. The third-order valence-corrected chi connectivity index (χ3v) is 24.6. The molecule has 0 radical (unpaired) electrons. The average Bonchev–Trinajstić information content (AvgIpc) is 1.61. The summed E-state index contributed by atoms with van der Waals surface area (Å²) >= 11 is 0. The lowest BCUT2D eigenvalue weighted by molar-refractivity contribution is -0.149. The van der Waals surface area contributed by atoms with Crippen LogP contribution in [-0.4, -0.2) is 173 Å². The maximum atomic E-state index is 15.9. The zero-order chi connectivity index (χ0) is 107. The Morgan fingerprint density at radius 3 is 1.00 bits per heavy atom. The maximum Gasteiger partial charge on any atom is 0.513 e. The van der Waals surface area contributed by atoms with E-state index in [1.54, 1.807) is 133 Å². The fourth-order valence-corrected chi connectivity index (χ4v) is 17.4. The highest BCUT2D eigenvalue weighted by Crippen LogP contribution is 2.53.